The van der Waals surface area contributed by atoms with Crippen molar-refractivity contribution in [2.75, 3.05) is 23.3 Å². The molecule has 7 heteroatoms. The van der Waals surface area contributed by atoms with Gasteiger partial charge >= 0.3 is 0 Å². The normalized spacial score (nSPS) is 21.5. The number of aromatic amines is 1. The van der Waals surface area contributed by atoms with Crippen LogP contribution >= 0.6 is 15.9 Å². The average molecular weight is 455 g/mol. The van der Waals surface area contributed by atoms with Crippen molar-refractivity contribution < 1.29 is 4.79 Å². The average Bonchev–Trinajstić information content (AvgIpc) is 2.73. The van der Waals surface area contributed by atoms with E-state index in [1.54, 1.807) is 0 Å². The molecule has 0 spiro atoms. The SMILES string of the molecule is O=C1CCCC2=C1C(c1cccc(Br)c1)c1c(nc(N3CCCCC3)[nH]c1=O)N2. The first-order valence-electron chi connectivity index (χ1n) is 10.3. The van der Waals surface area contributed by atoms with Crippen LogP contribution in [0.25, 0.3) is 0 Å². The van der Waals surface area contributed by atoms with Crippen molar-refractivity contribution in [3.8, 4) is 0 Å². The molecular formula is C22H23BrN4O2. The van der Waals surface area contributed by atoms with Crippen molar-refractivity contribution in [1.82, 2.24) is 9.97 Å². The number of nitrogens with one attached hydrogen (secondary N) is 2. The van der Waals surface area contributed by atoms with E-state index in [-0.39, 0.29) is 11.3 Å². The van der Waals surface area contributed by atoms with Gasteiger partial charge in [0.25, 0.3) is 5.56 Å². The number of allylic oxidation sites excluding steroid dienone is 2. The van der Waals surface area contributed by atoms with Gasteiger partial charge in [0.2, 0.25) is 5.95 Å². The third-order valence-electron chi connectivity index (χ3n) is 6.08. The van der Waals surface area contributed by atoms with Crippen LogP contribution in [0, 0.1) is 0 Å². The molecule has 0 saturated carbocycles. The number of benzene rings is 1. The van der Waals surface area contributed by atoms with Crippen molar-refractivity contribution in [1.29, 1.82) is 0 Å². The van der Waals surface area contributed by atoms with Gasteiger partial charge in [0.05, 0.1) is 5.56 Å². The fraction of sp³-hybridized carbons (Fsp3) is 0.409. The maximum Gasteiger partial charge on any atom is 0.258 e. The largest absolute Gasteiger partial charge is 0.343 e. The molecule has 2 N–H and O–H groups in total. The molecule has 3 aliphatic rings. The van der Waals surface area contributed by atoms with Crippen LogP contribution in [0.15, 0.2) is 44.8 Å². The fourth-order valence-corrected chi connectivity index (χ4v) is 5.14. The van der Waals surface area contributed by atoms with Gasteiger partial charge in [-0.15, -0.1) is 0 Å². The van der Waals surface area contributed by atoms with E-state index in [4.69, 9.17) is 4.98 Å². The minimum atomic E-state index is -0.391. The highest BCUT2D eigenvalue weighted by molar-refractivity contribution is 9.10. The molecule has 0 radical (unpaired) electrons. The van der Waals surface area contributed by atoms with Gasteiger partial charge in [-0.3, -0.25) is 14.6 Å². The number of aromatic nitrogens is 2. The summed E-state index contributed by atoms with van der Waals surface area (Å²) in [7, 11) is 0. The predicted octanol–water partition coefficient (Wildman–Crippen LogP) is 4.09. The van der Waals surface area contributed by atoms with Crippen LogP contribution in [-0.2, 0) is 4.79 Å². The van der Waals surface area contributed by atoms with E-state index in [9.17, 15) is 9.59 Å². The highest BCUT2D eigenvalue weighted by Crippen LogP contribution is 2.43. The first-order valence-corrected chi connectivity index (χ1v) is 11.1. The molecule has 6 nitrogen and oxygen atoms in total. The van der Waals surface area contributed by atoms with E-state index in [1.165, 1.54) is 6.42 Å². The number of ketones is 1. The number of rotatable bonds is 2. The van der Waals surface area contributed by atoms with Gasteiger partial charge in [0.1, 0.15) is 5.82 Å². The molecule has 150 valence electrons. The van der Waals surface area contributed by atoms with Crippen molar-refractivity contribution in [3.63, 3.8) is 0 Å². The lowest BCUT2D eigenvalue weighted by Crippen LogP contribution is -2.36. The number of anilines is 2. The molecule has 2 aromatic rings. The van der Waals surface area contributed by atoms with E-state index < -0.39 is 5.92 Å². The second-order valence-electron chi connectivity index (χ2n) is 7.98. The van der Waals surface area contributed by atoms with Crippen LogP contribution < -0.4 is 15.8 Å². The Morgan fingerprint density at radius 1 is 1.07 bits per heavy atom. The predicted molar refractivity (Wildman–Crippen MR) is 116 cm³/mol. The first-order chi connectivity index (χ1) is 14.1. The van der Waals surface area contributed by atoms with E-state index >= 15 is 0 Å². The highest BCUT2D eigenvalue weighted by Gasteiger charge is 2.38. The lowest BCUT2D eigenvalue weighted by atomic mass is 9.76. The number of Topliss-reactive ketones (excluding diaryl/α,β-unsaturated/α-hetero) is 1. The fourth-order valence-electron chi connectivity index (χ4n) is 4.72. The summed E-state index contributed by atoms with van der Waals surface area (Å²) in [5.41, 5.74) is 2.94. The van der Waals surface area contributed by atoms with Crippen LogP contribution in [0.3, 0.4) is 0 Å². The summed E-state index contributed by atoms with van der Waals surface area (Å²) in [4.78, 5) is 36.1. The zero-order chi connectivity index (χ0) is 20.0. The van der Waals surface area contributed by atoms with Gasteiger partial charge in [0.15, 0.2) is 5.78 Å². The number of H-pyrrole nitrogens is 1. The van der Waals surface area contributed by atoms with E-state index in [1.807, 2.05) is 24.3 Å². The smallest absolute Gasteiger partial charge is 0.258 e. The Labute approximate surface area is 177 Å². The number of piperidine rings is 1. The molecule has 1 saturated heterocycles. The summed E-state index contributed by atoms with van der Waals surface area (Å²) < 4.78 is 0.926. The van der Waals surface area contributed by atoms with Gasteiger partial charge in [-0.05, 0) is 49.8 Å². The first kappa shape index (κ1) is 18.6. The second kappa shape index (κ2) is 7.44. The van der Waals surface area contributed by atoms with E-state index in [0.29, 0.717) is 23.8 Å². The summed E-state index contributed by atoms with van der Waals surface area (Å²) in [5, 5.41) is 3.35. The monoisotopic (exact) mass is 454 g/mol. The number of hydrogen-bond acceptors (Lipinski definition) is 5. The molecule has 1 unspecified atom stereocenters. The van der Waals surface area contributed by atoms with Crippen LogP contribution in [-0.4, -0.2) is 28.8 Å². The summed E-state index contributed by atoms with van der Waals surface area (Å²) in [6, 6.07) is 7.86. The molecule has 29 heavy (non-hydrogen) atoms. The molecule has 2 aliphatic heterocycles. The number of hydrogen-bond donors (Lipinski definition) is 2. The minimum Gasteiger partial charge on any atom is -0.343 e. The molecule has 3 heterocycles. The van der Waals surface area contributed by atoms with Gasteiger partial charge in [-0.1, -0.05) is 28.1 Å². The highest BCUT2D eigenvalue weighted by atomic mass is 79.9. The third kappa shape index (κ3) is 3.31. The lowest BCUT2D eigenvalue weighted by molar-refractivity contribution is -0.116. The number of halogens is 1. The van der Waals surface area contributed by atoms with E-state index in [2.05, 4.69) is 31.1 Å². The molecule has 1 atom stereocenters. The van der Waals surface area contributed by atoms with Crippen LogP contribution in [0.1, 0.15) is 55.6 Å². The number of fused-ring (bicyclic) bond motifs is 1. The summed E-state index contributed by atoms with van der Waals surface area (Å²) in [6.07, 6.45) is 5.59. The van der Waals surface area contributed by atoms with Gasteiger partial charge in [-0.25, -0.2) is 0 Å². The number of nitrogens with zero attached hydrogens (tertiary/aromatic N) is 2. The van der Waals surface area contributed by atoms with Gasteiger partial charge in [-0.2, -0.15) is 4.98 Å². The molecule has 5 rings (SSSR count). The lowest BCUT2D eigenvalue weighted by Gasteiger charge is -2.34. The maximum absolute atomic E-state index is 13.3. The standard InChI is InChI=1S/C22H23BrN4O2/c23-14-7-4-6-13(12-14)17-18-15(8-5-9-16(18)28)24-20-19(17)21(29)26-22(25-20)27-10-2-1-3-11-27/h4,6-7,12,17H,1-3,5,8-11H2,(H2,24,25,26,29). The molecule has 1 fully saturated rings. The molecule has 1 aliphatic carbocycles. The molecule has 0 bridgehead atoms. The second-order valence-corrected chi connectivity index (χ2v) is 8.90. The Hall–Kier alpha value is -2.41. The topological polar surface area (TPSA) is 78.1 Å². The number of carbonyl (C=O) groups is 1. The van der Waals surface area contributed by atoms with Crippen molar-refractivity contribution >= 4 is 33.5 Å². The molecule has 1 aromatic heterocycles. The maximum atomic E-state index is 13.3. The Bertz CT molecular complexity index is 1070. The summed E-state index contributed by atoms with van der Waals surface area (Å²) in [6.45, 7) is 1.81. The summed E-state index contributed by atoms with van der Waals surface area (Å²) >= 11 is 3.53. The van der Waals surface area contributed by atoms with Crippen LogP contribution in [0.5, 0.6) is 0 Å². The van der Waals surface area contributed by atoms with E-state index in [0.717, 1.165) is 60.1 Å². The van der Waals surface area contributed by atoms with Crippen LogP contribution in [0.2, 0.25) is 0 Å². The van der Waals surface area contributed by atoms with Crippen molar-refractivity contribution in [2.24, 2.45) is 0 Å². The Morgan fingerprint density at radius 2 is 1.90 bits per heavy atom. The van der Waals surface area contributed by atoms with Crippen molar-refractivity contribution in [2.45, 2.75) is 44.4 Å². The van der Waals surface area contributed by atoms with Crippen LogP contribution in [0.4, 0.5) is 11.8 Å². The third-order valence-corrected chi connectivity index (χ3v) is 6.58. The van der Waals surface area contributed by atoms with Gasteiger partial charge < -0.3 is 10.2 Å². The van der Waals surface area contributed by atoms with Crippen molar-refractivity contribution in [3.05, 3.63) is 61.5 Å². The quantitative estimate of drug-likeness (QED) is 0.714. The molecule has 0 amide bonds. The Kier molecular flexibility index (Phi) is 4.78. The minimum absolute atomic E-state index is 0.119. The summed E-state index contributed by atoms with van der Waals surface area (Å²) in [5.74, 6) is 0.944. The number of carbonyl (C=O) groups excluding carboxylic acids is 1. The zero-order valence-electron chi connectivity index (χ0n) is 16.1. The molecule has 1 aromatic carbocycles. The Morgan fingerprint density at radius 3 is 2.69 bits per heavy atom. The van der Waals surface area contributed by atoms with Gasteiger partial charge in [0, 0.05) is 41.2 Å². The Balaban J connectivity index is 1.68. The zero-order valence-corrected chi connectivity index (χ0v) is 17.7. The molecular weight excluding hydrogens is 432 g/mol.